The van der Waals surface area contributed by atoms with Gasteiger partial charge in [0, 0.05) is 5.71 Å². The van der Waals surface area contributed by atoms with E-state index in [1.54, 1.807) is 26.0 Å². The molecule has 0 saturated carbocycles. The minimum absolute atomic E-state index is 0.139. The van der Waals surface area contributed by atoms with E-state index in [4.69, 9.17) is 0 Å². The molecule has 0 amide bonds. The van der Waals surface area contributed by atoms with Crippen molar-refractivity contribution in [2.45, 2.75) is 39.6 Å². The highest BCUT2D eigenvalue weighted by Crippen LogP contribution is 2.29. The van der Waals surface area contributed by atoms with Crippen LogP contribution in [0.15, 0.2) is 52.3 Å². The first-order valence-electron chi connectivity index (χ1n) is 9.09. The van der Waals surface area contributed by atoms with Gasteiger partial charge >= 0.3 is 11.9 Å². The van der Waals surface area contributed by atoms with Gasteiger partial charge in [-0.2, -0.15) is 22.5 Å². The number of hydrogen-bond acceptors (Lipinski definition) is 5. The highest BCUT2D eigenvalue weighted by Gasteiger charge is 2.30. The number of aliphatic hydroxyl groups excluding tert-OH is 1. The molecule has 30 heavy (non-hydrogen) atoms. The third kappa shape index (κ3) is 4.65. The van der Waals surface area contributed by atoms with Crippen molar-refractivity contribution in [3.63, 3.8) is 0 Å². The Hall–Kier alpha value is -3.27. The second-order valence-corrected chi connectivity index (χ2v) is 6.93. The molecule has 1 aromatic heterocycles. The van der Waals surface area contributed by atoms with E-state index < -0.39 is 23.5 Å². The van der Waals surface area contributed by atoms with Crippen LogP contribution in [-0.4, -0.2) is 36.7 Å². The molecule has 0 aliphatic rings. The third-order valence-electron chi connectivity index (χ3n) is 4.57. The quantitative estimate of drug-likeness (QED) is 0.644. The number of aliphatic hydroxyl groups is 1. The fourth-order valence-electron chi connectivity index (χ4n) is 2.72. The van der Waals surface area contributed by atoms with Crippen LogP contribution in [0.2, 0.25) is 0 Å². The summed E-state index contributed by atoms with van der Waals surface area (Å²) in [6.45, 7) is 5.37. The van der Waals surface area contributed by atoms with Crippen molar-refractivity contribution in [3.05, 3.63) is 69.6 Å². The number of benzene rings is 2. The molecule has 1 heterocycles. The number of aromatic nitrogens is 4. The molecule has 7 nitrogen and oxygen atoms in total. The zero-order chi connectivity index (χ0) is 22.1. The van der Waals surface area contributed by atoms with Gasteiger partial charge in [-0.15, -0.1) is 0 Å². The Morgan fingerprint density at radius 3 is 2.40 bits per heavy atom. The van der Waals surface area contributed by atoms with E-state index in [9.17, 15) is 23.1 Å². The Balaban J connectivity index is 1.83. The molecule has 158 valence electrons. The van der Waals surface area contributed by atoms with Crippen LogP contribution in [0.5, 0.6) is 0 Å². The summed E-state index contributed by atoms with van der Waals surface area (Å²) in [5.74, 6) is 0. The van der Waals surface area contributed by atoms with Crippen LogP contribution in [0.3, 0.4) is 0 Å². The van der Waals surface area contributed by atoms with E-state index in [2.05, 4.69) is 15.4 Å². The maximum Gasteiger partial charge on any atom is 0.416 e. The van der Waals surface area contributed by atoms with Crippen LogP contribution in [0.4, 0.5) is 18.9 Å². The molecule has 3 aromatic rings. The van der Waals surface area contributed by atoms with Gasteiger partial charge in [-0.05, 0) is 72.7 Å². The Morgan fingerprint density at radius 2 is 1.83 bits per heavy atom. The fraction of sp³-hybridized carbons (Fsp3) is 0.300. The summed E-state index contributed by atoms with van der Waals surface area (Å²) in [5.41, 5.74) is 1.74. The van der Waals surface area contributed by atoms with Gasteiger partial charge in [0.2, 0.25) is 0 Å². The van der Waals surface area contributed by atoms with Gasteiger partial charge in [-0.3, -0.25) is 4.99 Å². The second kappa shape index (κ2) is 8.23. The molecule has 3 rings (SSSR count). The molecule has 0 aliphatic carbocycles. The summed E-state index contributed by atoms with van der Waals surface area (Å²) < 4.78 is 40.2. The highest BCUT2D eigenvalue weighted by atomic mass is 19.4. The molecule has 0 aliphatic heterocycles. The number of alkyl halides is 3. The number of aryl methyl sites for hydroxylation is 1. The smallest absolute Gasteiger partial charge is 0.387 e. The van der Waals surface area contributed by atoms with Gasteiger partial charge in [-0.25, -0.2) is 4.79 Å². The van der Waals surface area contributed by atoms with Gasteiger partial charge in [0.05, 0.1) is 29.6 Å². The average Bonchev–Trinajstić information content (AvgIpc) is 3.03. The molecule has 0 bridgehead atoms. The summed E-state index contributed by atoms with van der Waals surface area (Å²) in [6.07, 6.45) is -5.11. The van der Waals surface area contributed by atoms with E-state index in [1.165, 1.54) is 12.1 Å². The van der Waals surface area contributed by atoms with Gasteiger partial charge in [0.1, 0.15) is 0 Å². The van der Waals surface area contributed by atoms with E-state index in [-0.39, 0.29) is 12.2 Å². The molecule has 10 heteroatoms. The van der Waals surface area contributed by atoms with Crippen LogP contribution >= 0.6 is 0 Å². The fourth-order valence-corrected chi connectivity index (χ4v) is 2.72. The first-order valence-corrected chi connectivity index (χ1v) is 9.09. The van der Waals surface area contributed by atoms with Crippen molar-refractivity contribution in [2.75, 3.05) is 0 Å². The molecular weight excluding hydrogens is 399 g/mol. The number of tetrazole rings is 1. The molecule has 0 spiro atoms. The third-order valence-corrected chi connectivity index (χ3v) is 4.57. The van der Waals surface area contributed by atoms with Crippen molar-refractivity contribution in [3.8, 4) is 5.69 Å². The second-order valence-electron chi connectivity index (χ2n) is 6.93. The van der Waals surface area contributed by atoms with Crippen LogP contribution in [0.25, 0.3) is 5.69 Å². The van der Waals surface area contributed by atoms with Crippen molar-refractivity contribution in [2.24, 2.45) is 4.99 Å². The first kappa shape index (κ1) is 21.4. The van der Waals surface area contributed by atoms with E-state index in [1.807, 2.05) is 13.0 Å². The lowest BCUT2D eigenvalue weighted by atomic mass is 10.1. The van der Waals surface area contributed by atoms with E-state index in [0.29, 0.717) is 11.4 Å². The molecule has 0 saturated heterocycles. The summed E-state index contributed by atoms with van der Waals surface area (Å²) >= 11 is 0. The van der Waals surface area contributed by atoms with E-state index >= 15 is 0 Å². The van der Waals surface area contributed by atoms with Gasteiger partial charge in [-0.1, -0.05) is 12.1 Å². The zero-order valence-corrected chi connectivity index (χ0v) is 16.6. The summed E-state index contributed by atoms with van der Waals surface area (Å²) in [7, 11) is 0. The standard InChI is InChI=1S/C20H20F3N5O2/c1-12-10-15(4-9-18(12)24-13(2)14(3)29)11-27-19(30)28(26-25-27)17-7-5-16(6-8-17)20(21,22)23/h4-10,14,29H,11H2,1-3H3. The predicted octanol–water partition coefficient (Wildman–Crippen LogP) is 3.28. The molecule has 2 aromatic carbocycles. The molecule has 0 fully saturated rings. The SMILES string of the molecule is CC(=Nc1ccc(Cn2nnn(-c3ccc(C(F)(F)F)cc3)c2=O)cc1C)C(C)O. The molecule has 1 unspecified atom stereocenters. The maximum absolute atomic E-state index is 12.7. The lowest BCUT2D eigenvalue weighted by molar-refractivity contribution is -0.137. The zero-order valence-electron chi connectivity index (χ0n) is 16.6. The van der Waals surface area contributed by atoms with Crippen molar-refractivity contribution < 1.29 is 18.3 Å². The molecule has 0 radical (unpaired) electrons. The van der Waals surface area contributed by atoms with Crippen LogP contribution in [0.1, 0.15) is 30.5 Å². The van der Waals surface area contributed by atoms with Crippen molar-refractivity contribution in [1.29, 1.82) is 0 Å². The lowest BCUT2D eigenvalue weighted by Gasteiger charge is -2.08. The van der Waals surface area contributed by atoms with Crippen molar-refractivity contribution >= 4 is 11.4 Å². The normalized spacial score (nSPS) is 13.5. The van der Waals surface area contributed by atoms with Gasteiger partial charge in [0.15, 0.2) is 0 Å². The Kier molecular flexibility index (Phi) is 5.88. The molecule has 1 atom stereocenters. The Morgan fingerprint density at radius 1 is 1.17 bits per heavy atom. The minimum Gasteiger partial charge on any atom is -0.387 e. The minimum atomic E-state index is -4.46. The number of rotatable bonds is 5. The number of hydrogen-bond donors (Lipinski definition) is 1. The Labute approximate surface area is 170 Å². The summed E-state index contributed by atoms with van der Waals surface area (Å²) in [5, 5.41) is 17.1. The lowest BCUT2D eigenvalue weighted by Crippen LogP contribution is -2.24. The number of aliphatic imine (C=N–C) groups is 1. The van der Waals surface area contributed by atoms with Gasteiger partial charge in [0.25, 0.3) is 0 Å². The largest absolute Gasteiger partial charge is 0.416 e. The number of halogens is 3. The average molecular weight is 419 g/mol. The predicted molar refractivity (Wildman–Crippen MR) is 105 cm³/mol. The summed E-state index contributed by atoms with van der Waals surface area (Å²) in [6, 6.07) is 9.52. The molecule has 1 N–H and O–H groups in total. The van der Waals surface area contributed by atoms with Crippen LogP contribution in [0, 0.1) is 6.92 Å². The highest BCUT2D eigenvalue weighted by molar-refractivity contribution is 5.88. The van der Waals surface area contributed by atoms with Crippen molar-refractivity contribution in [1.82, 2.24) is 19.8 Å². The monoisotopic (exact) mass is 419 g/mol. The van der Waals surface area contributed by atoms with Gasteiger partial charge < -0.3 is 5.11 Å². The Bertz CT molecular complexity index is 1130. The maximum atomic E-state index is 12.7. The summed E-state index contributed by atoms with van der Waals surface area (Å²) in [4.78, 5) is 16.9. The topological polar surface area (TPSA) is 85.3 Å². The van der Waals surface area contributed by atoms with E-state index in [0.717, 1.165) is 32.6 Å². The molecular formula is C20H20F3N5O2. The number of nitrogens with zero attached hydrogens (tertiary/aromatic N) is 5. The first-order chi connectivity index (χ1) is 14.1. The van der Waals surface area contributed by atoms with Crippen LogP contribution in [-0.2, 0) is 12.7 Å². The van der Waals surface area contributed by atoms with Crippen LogP contribution < -0.4 is 5.69 Å².